The van der Waals surface area contributed by atoms with Crippen molar-refractivity contribution in [1.82, 2.24) is 0 Å². The molecule has 0 unspecified atom stereocenters. The van der Waals surface area contributed by atoms with Crippen molar-refractivity contribution >= 4 is 30.8 Å². The first-order valence-corrected chi connectivity index (χ1v) is 9.60. The molecule has 1 aromatic rings. The Balaban J connectivity index is 0.000000351. The number of anilines is 1. The Hall–Kier alpha value is -1.26. The molecule has 0 amide bonds. The third-order valence-electron chi connectivity index (χ3n) is 3.37. The predicted molar refractivity (Wildman–Crippen MR) is 84.8 cm³/mol. The molecule has 11 heteroatoms. The minimum absolute atomic E-state index is 0.484. The minimum atomic E-state index is -10.7. The molecule has 1 aliphatic carbocycles. The van der Waals surface area contributed by atoms with Crippen LogP contribution >= 0.6 is 19.4 Å². The number of hydrogen-bond donors (Lipinski definition) is 1. The standard InChI is InChI=1S/C13H17ClN3.F6P/c14-12-8-11(17-15)6-7-13(12)16-9-10-4-2-1-3-5-10;1-7(2,3,4,5)6/h6-8,10,16H,1-5,9H2;/q+1;-1. The largest absolute Gasteiger partial charge is 0.386 e. The molecular weight excluding hydrogens is 379 g/mol. The molecule has 24 heavy (non-hydrogen) atoms. The normalized spacial score (nSPS) is 18.4. The topological polar surface area (TPSA) is 40.2 Å². The van der Waals surface area contributed by atoms with Gasteiger partial charge in [0.25, 0.3) is 0 Å². The third-order valence-corrected chi connectivity index (χ3v) is 3.69. The monoisotopic (exact) mass is 395 g/mol. The van der Waals surface area contributed by atoms with E-state index in [-0.39, 0.29) is 0 Å². The first kappa shape index (κ1) is 20.8. The van der Waals surface area contributed by atoms with E-state index in [0.29, 0.717) is 10.7 Å². The Kier molecular flexibility index (Phi) is 6.00. The molecule has 0 atom stereocenters. The summed E-state index contributed by atoms with van der Waals surface area (Å²) in [6.45, 7) is 0.981. The Labute approximate surface area is 140 Å². The van der Waals surface area contributed by atoms with Crippen molar-refractivity contribution < 1.29 is 25.2 Å². The molecule has 1 aromatic carbocycles. The molecule has 0 spiro atoms. The molecular formula is C13H17ClF6N3P. The summed E-state index contributed by atoms with van der Waals surface area (Å²) in [4.78, 5) is 3.11. The third kappa shape index (κ3) is 11.3. The van der Waals surface area contributed by atoms with Crippen molar-refractivity contribution in [3.05, 3.63) is 28.2 Å². The van der Waals surface area contributed by atoms with E-state index in [1.165, 1.54) is 32.1 Å². The number of nitrogens with zero attached hydrogens (tertiary/aromatic N) is 2. The fraction of sp³-hybridized carbons (Fsp3) is 0.538. The van der Waals surface area contributed by atoms with Gasteiger partial charge in [0.05, 0.1) is 16.8 Å². The van der Waals surface area contributed by atoms with Crippen LogP contribution in [0.1, 0.15) is 32.1 Å². The van der Waals surface area contributed by atoms with Crippen molar-refractivity contribution in [3.8, 4) is 0 Å². The van der Waals surface area contributed by atoms with E-state index in [0.717, 1.165) is 18.2 Å². The van der Waals surface area contributed by atoms with Gasteiger partial charge in [-0.05, 0) is 24.8 Å². The molecule has 1 saturated carbocycles. The van der Waals surface area contributed by atoms with Crippen LogP contribution in [0.4, 0.5) is 36.6 Å². The zero-order chi connectivity index (χ0) is 18.5. The van der Waals surface area contributed by atoms with Crippen LogP contribution in [0.25, 0.3) is 4.98 Å². The summed E-state index contributed by atoms with van der Waals surface area (Å²) in [6, 6.07) is 5.26. The van der Waals surface area contributed by atoms with Crippen molar-refractivity contribution in [2.24, 2.45) is 5.92 Å². The van der Waals surface area contributed by atoms with Crippen molar-refractivity contribution in [2.45, 2.75) is 32.1 Å². The van der Waals surface area contributed by atoms with Crippen LogP contribution in [0.3, 0.4) is 0 Å². The van der Waals surface area contributed by atoms with E-state index in [1.54, 1.807) is 12.1 Å². The van der Waals surface area contributed by atoms with Crippen LogP contribution in [-0.2, 0) is 0 Å². The van der Waals surface area contributed by atoms with E-state index in [1.807, 2.05) is 6.07 Å². The second-order valence-corrected chi connectivity index (χ2v) is 7.93. The maximum absolute atomic E-state index is 10.7. The van der Waals surface area contributed by atoms with Gasteiger partial charge in [0, 0.05) is 12.6 Å². The Bertz CT molecular complexity index is 596. The summed E-state index contributed by atoms with van der Waals surface area (Å²) in [7, 11) is -10.7. The van der Waals surface area contributed by atoms with Gasteiger partial charge in [-0.15, -0.1) is 0 Å². The van der Waals surface area contributed by atoms with Gasteiger partial charge in [-0.25, -0.2) is 0 Å². The number of hydrogen-bond acceptors (Lipinski definition) is 2. The average molecular weight is 396 g/mol. The molecule has 2 rings (SSSR count). The zero-order valence-electron chi connectivity index (χ0n) is 12.5. The second-order valence-electron chi connectivity index (χ2n) is 5.61. The minimum Gasteiger partial charge on any atom is -0.384 e. The quantitative estimate of drug-likeness (QED) is 0.318. The maximum atomic E-state index is 9.87. The van der Waals surface area contributed by atoms with Gasteiger partial charge in [-0.1, -0.05) is 30.9 Å². The van der Waals surface area contributed by atoms with Gasteiger partial charge in [-0.3, -0.25) is 0 Å². The number of benzene rings is 1. The van der Waals surface area contributed by atoms with Crippen LogP contribution in [0.5, 0.6) is 0 Å². The summed E-state index contributed by atoms with van der Waals surface area (Å²) in [6.07, 6.45) is 6.71. The first-order valence-electron chi connectivity index (χ1n) is 7.19. The molecule has 0 heterocycles. The van der Waals surface area contributed by atoms with Crippen LogP contribution in [0, 0.1) is 11.3 Å². The molecule has 0 aromatic heterocycles. The summed E-state index contributed by atoms with van der Waals surface area (Å²) >= 11 is 6.09. The molecule has 138 valence electrons. The smallest absolute Gasteiger partial charge is 0.384 e. The maximum Gasteiger partial charge on any atom is 0.386 e. The van der Waals surface area contributed by atoms with E-state index >= 15 is 0 Å². The summed E-state index contributed by atoms with van der Waals surface area (Å²) in [5, 5.41) is 12.6. The second kappa shape index (κ2) is 6.93. The zero-order valence-corrected chi connectivity index (χ0v) is 14.2. The summed E-state index contributed by atoms with van der Waals surface area (Å²) in [5.74, 6) is 0.766. The summed E-state index contributed by atoms with van der Waals surface area (Å²) < 4.78 is 59.2. The Morgan fingerprint density at radius 1 is 1.08 bits per heavy atom. The molecule has 1 N–H and O–H groups in total. The van der Waals surface area contributed by atoms with E-state index in [9.17, 15) is 25.2 Å². The Morgan fingerprint density at radius 3 is 2.08 bits per heavy atom. The van der Waals surface area contributed by atoms with Crippen LogP contribution in [0.2, 0.25) is 5.02 Å². The van der Waals surface area contributed by atoms with Crippen LogP contribution < -0.4 is 5.32 Å². The van der Waals surface area contributed by atoms with Crippen molar-refractivity contribution in [1.29, 1.82) is 5.39 Å². The van der Waals surface area contributed by atoms with Gasteiger partial charge < -0.3 is 5.32 Å². The molecule has 0 aliphatic heterocycles. The van der Waals surface area contributed by atoms with E-state index in [4.69, 9.17) is 17.0 Å². The molecule has 0 radical (unpaired) electrons. The molecule has 1 fully saturated rings. The van der Waals surface area contributed by atoms with Crippen LogP contribution in [0.15, 0.2) is 18.2 Å². The molecule has 0 saturated heterocycles. The number of halogens is 7. The molecule has 3 nitrogen and oxygen atoms in total. The van der Waals surface area contributed by atoms with E-state index < -0.39 is 7.81 Å². The first-order chi connectivity index (χ1) is 10.7. The number of diazo groups is 1. The van der Waals surface area contributed by atoms with Gasteiger partial charge in [-0.2, -0.15) is 0 Å². The fourth-order valence-electron chi connectivity index (χ4n) is 2.36. The van der Waals surface area contributed by atoms with Gasteiger partial charge in [0.15, 0.2) is 4.98 Å². The van der Waals surface area contributed by atoms with Crippen LogP contribution in [-0.4, -0.2) is 6.54 Å². The van der Waals surface area contributed by atoms with E-state index in [2.05, 4.69) is 10.3 Å². The average Bonchev–Trinajstić information content (AvgIpc) is 2.43. The fourth-order valence-corrected chi connectivity index (χ4v) is 2.60. The van der Waals surface area contributed by atoms with Crippen molar-refractivity contribution in [3.63, 3.8) is 0 Å². The SMILES string of the molecule is F[P-](F)(F)(F)(F)F.N#[N+]c1ccc(NCC2CCCCC2)c(Cl)c1. The van der Waals surface area contributed by atoms with Gasteiger partial charge in [0.2, 0.25) is 5.39 Å². The Morgan fingerprint density at radius 2 is 1.62 bits per heavy atom. The predicted octanol–water partition coefficient (Wildman–Crippen LogP) is 8.20. The molecule has 1 aliphatic rings. The number of nitrogens with one attached hydrogen (secondary N) is 1. The summed E-state index contributed by atoms with van der Waals surface area (Å²) in [5.41, 5.74) is 1.41. The van der Waals surface area contributed by atoms with Crippen molar-refractivity contribution in [2.75, 3.05) is 11.9 Å². The molecule has 0 bridgehead atoms. The van der Waals surface area contributed by atoms with Gasteiger partial charge in [0.1, 0.15) is 0 Å². The number of rotatable bonds is 3. The van der Waals surface area contributed by atoms with Gasteiger partial charge >= 0.3 is 38.7 Å².